The number of nitrogens with zero attached hydrogens (tertiary/aromatic N) is 2. The van der Waals surface area contributed by atoms with Gasteiger partial charge in [0.25, 0.3) is 0 Å². The van der Waals surface area contributed by atoms with Crippen LogP contribution in [0.25, 0.3) is 0 Å². The number of hydrogen-bond acceptors (Lipinski definition) is 2. The molecule has 2 aromatic carbocycles. The van der Waals surface area contributed by atoms with Gasteiger partial charge in [0.15, 0.2) is 20.4 Å². The summed E-state index contributed by atoms with van der Waals surface area (Å²) in [5, 5.41) is 0.262. The summed E-state index contributed by atoms with van der Waals surface area (Å²) in [4.78, 5) is 2.49. The average molecular weight is 551 g/mol. The molecule has 0 saturated carbocycles. The quantitative estimate of drug-likeness (QED) is 0.228. The van der Waals surface area contributed by atoms with Crippen LogP contribution in [0.3, 0.4) is 0 Å². The van der Waals surface area contributed by atoms with E-state index in [1.54, 1.807) is 0 Å². The standard InChI is InChI=1S/C26H39N2OSi.HI/c1-26(2,3)30(6,7)29-20-14-19-23-27(4)24(21-15-10-8-11-16-21)25(28(23)5)22-17-12-9-13-18-22;/h8-13,15-18,24-25H,14,19-20H2,1-7H3;1H/q+1;/p-1/t24-,25-;/m0./s1. The van der Waals surface area contributed by atoms with Gasteiger partial charge in [-0.05, 0) is 24.6 Å². The van der Waals surface area contributed by atoms with Crippen LogP contribution in [-0.4, -0.2) is 44.3 Å². The number of likely N-dealkylation sites (N-methyl/N-ethyl adjacent to an activating group) is 2. The van der Waals surface area contributed by atoms with Crippen LogP contribution in [0.1, 0.15) is 56.8 Å². The molecule has 0 bridgehead atoms. The van der Waals surface area contributed by atoms with E-state index in [4.69, 9.17) is 4.43 Å². The number of amidine groups is 1. The van der Waals surface area contributed by atoms with Crippen molar-refractivity contribution in [1.29, 1.82) is 0 Å². The number of rotatable bonds is 7. The van der Waals surface area contributed by atoms with Crippen molar-refractivity contribution in [3.8, 4) is 0 Å². The first-order valence-corrected chi connectivity index (χ1v) is 14.1. The first kappa shape index (κ1) is 26.1. The van der Waals surface area contributed by atoms with Gasteiger partial charge < -0.3 is 28.4 Å². The molecule has 170 valence electrons. The number of benzene rings is 2. The molecule has 1 aliphatic heterocycles. The molecule has 0 spiro atoms. The molecule has 0 unspecified atom stereocenters. The molecule has 0 aromatic heterocycles. The van der Waals surface area contributed by atoms with Crippen molar-refractivity contribution >= 4 is 14.2 Å². The molecular weight excluding hydrogens is 511 g/mol. The van der Waals surface area contributed by atoms with Crippen molar-refractivity contribution in [1.82, 2.24) is 4.90 Å². The molecule has 1 heterocycles. The van der Waals surface area contributed by atoms with Crippen LogP contribution in [0.15, 0.2) is 60.7 Å². The molecule has 3 rings (SSSR count). The van der Waals surface area contributed by atoms with E-state index in [-0.39, 0.29) is 29.0 Å². The Bertz CT molecular complexity index is 862. The van der Waals surface area contributed by atoms with Gasteiger partial charge in [-0.25, -0.2) is 0 Å². The second-order valence-electron chi connectivity index (χ2n) is 10.1. The SMILES string of the molecule is CN1C(CCCO[Si](C)(C)C(C)(C)C)=[N+](C)[C@@H](c2ccccc2)[C@@H]1c1ccccc1.[I-]. The van der Waals surface area contributed by atoms with Gasteiger partial charge in [0, 0.05) is 17.7 Å². The first-order valence-electron chi connectivity index (χ1n) is 11.2. The molecule has 0 aliphatic carbocycles. The normalized spacial score (nSPS) is 19.5. The van der Waals surface area contributed by atoms with Crippen molar-refractivity contribution in [2.24, 2.45) is 0 Å². The van der Waals surface area contributed by atoms with Crippen LogP contribution in [0.4, 0.5) is 0 Å². The van der Waals surface area contributed by atoms with Gasteiger partial charge in [-0.1, -0.05) is 81.4 Å². The maximum atomic E-state index is 6.44. The van der Waals surface area contributed by atoms with E-state index in [0.29, 0.717) is 12.1 Å². The minimum absolute atomic E-state index is 0. The van der Waals surface area contributed by atoms with Crippen LogP contribution >= 0.6 is 0 Å². The summed E-state index contributed by atoms with van der Waals surface area (Å²) in [7, 11) is 2.82. The van der Waals surface area contributed by atoms with E-state index >= 15 is 0 Å². The van der Waals surface area contributed by atoms with Gasteiger partial charge in [0.1, 0.15) is 0 Å². The third-order valence-corrected chi connectivity index (χ3v) is 11.6. The van der Waals surface area contributed by atoms with Crippen LogP contribution in [0.2, 0.25) is 18.1 Å². The molecule has 3 nitrogen and oxygen atoms in total. The molecule has 1 aliphatic rings. The zero-order valence-electron chi connectivity index (χ0n) is 20.2. The Morgan fingerprint density at radius 1 is 0.935 bits per heavy atom. The van der Waals surface area contributed by atoms with E-state index in [0.717, 1.165) is 19.4 Å². The largest absolute Gasteiger partial charge is 1.00 e. The molecule has 2 atom stereocenters. The highest BCUT2D eigenvalue weighted by Gasteiger charge is 2.45. The number of hydrogen-bond donors (Lipinski definition) is 0. The predicted octanol–water partition coefficient (Wildman–Crippen LogP) is 3.26. The van der Waals surface area contributed by atoms with E-state index in [1.807, 2.05) is 0 Å². The summed E-state index contributed by atoms with van der Waals surface area (Å²) < 4.78 is 8.92. The molecule has 0 radical (unpaired) electrons. The second-order valence-corrected chi connectivity index (χ2v) is 14.9. The summed E-state index contributed by atoms with van der Waals surface area (Å²) >= 11 is 0. The molecule has 0 saturated heterocycles. The maximum Gasteiger partial charge on any atom is 0.247 e. The van der Waals surface area contributed by atoms with Gasteiger partial charge >= 0.3 is 0 Å². The molecule has 2 aromatic rings. The Hall–Kier alpha value is -1.18. The Morgan fingerprint density at radius 2 is 1.45 bits per heavy atom. The lowest BCUT2D eigenvalue weighted by molar-refractivity contribution is -0.539. The molecule has 31 heavy (non-hydrogen) atoms. The van der Waals surface area contributed by atoms with Crippen molar-refractivity contribution < 1.29 is 33.0 Å². The zero-order valence-corrected chi connectivity index (χ0v) is 23.4. The molecule has 0 amide bonds. The molecule has 5 heteroatoms. The van der Waals surface area contributed by atoms with Crippen molar-refractivity contribution in [3.05, 3.63) is 71.8 Å². The van der Waals surface area contributed by atoms with Gasteiger partial charge in [0.2, 0.25) is 5.84 Å². The topological polar surface area (TPSA) is 15.5 Å². The molecular formula is C26H39IN2OSi. The fourth-order valence-corrected chi connectivity index (χ4v) is 5.32. The summed E-state index contributed by atoms with van der Waals surface area (Å²) in [6, 6.07) is 22.5. The second kappa shape index (κ2) is 10.6. The minimum atomic E-state index is -1.68. The van der Waals surface area contributed by atoms with Gasteiger partial charge in [-0.15, -0.1) is 0 Å². The average Bonchev–Trinajstić information content (AvgIpc) is 2.96. The lowest BCUT2D eigenvalue weighted by Crippen LogP contribution is -3.00. The molecule has 0 fully saturated rings. The third kappa shape index (κ3) is 5.79. The fourth-order valence-electron chi connectivity index (χ4n) is 4.23. The van der Waals surface area contributed by atoms with Crippen LogP contribution in [0.5, 0.6) is 0 Å². The third-order valence-electron chi connectivity index (χ3n) is 7.04. The van der Waals surface area contributed by atoms with Crippen LogP contribution in [0, 0.1) is 0 Å². The minimum Gasteiger partial charge on any atom is -1.00 e. The Balaban J connectivity index is 0.00000341. The van der Waals surface area contributed by atoms with E-state index < -0.39 is 8.32 Å². The van der Waals surface area contributed by atoms with Crippen molar-refractivity contribution in [3.63, 3.8) is 0 Å². The summed E-state index contributed by atoms with van der Waals surface area (Å²) in [5.74, 6) is 1.40. The molecule has 0 N–H and O–H groups in total. The van der Waals surface area contributed by atoms with Crippen molar-refractivity contribution in [2.75, 3.05) is 20.7 Å². The Kier molecular flexibility index (Phi) is 8.93. The van der Waals surface area contributed by atoms with E-state index in [9.17, 15) is 0 Å². The smallest absolute Gasteiger partial charge is 0.247 e. The van der Waals surface area contributed by atoms with E-state index in [1.165, 1.54) is 17.0 Å². The fraction of sp³-hybridized carbons (Fsp3) is 0.500. The summed E-state index contributed by atoms with van der Waals surface area (Å²) in [6.45, 7) is 12.4. The highest BCUT2D eigenvalue weighted by Crippen LogP contribution is 2.41. The first-order chi connectivity index (χ1) is 14.1. The van der Waals surface area contributed by atoms with Gasteiger partial charge in [-0.2, -0.15) is 0 Å². The maximum absolute atomic E-state index is 6.44. The van der Waals surface area contributed by atoms with Crippen molar-refractivity contribution in [2.45, 2.75) is 63.8 Å². The lowest BCUT2D eigenvalue weighted by Gasteiger charge is -2.36. The summed E-state index contributed by atoms with van der Waals surface area (Å²) in [5.41, 5.74) is 2.74. The predicted molar refractivity (Wildman–Crippen MR) is 130 cm³/mol. The Labute approximate surface area is 207 Å². The highest BCUT2D eigenvalue weighted by atomic mass is 127. The monoisotopic (exact) mass is 550 g/mol. The van der Waals surface area contributed by atoms with Gasteiger partial charge in [-0.3, -0.25) is 9.48 Å². The summed E-state index contributed by atoms with van der Waals surface area (Å²) in [6.07, 6.45) is 2.09. The lowest BCUT2D eigenvalue weighted by atomic mass is 9.93. The van der Waals surface area contributed by atoms with Crippen LogP contribution < -0.4 is 24.0 Å². The van der Waals surface area contributed by atoms with Crippen LogP contribution in [-0.2, 0) is 4.43 Å². The zero-order chi connectivity index (χ0) is 21.9. The Morgan fingerprint density at radius 3 is 1.97 bits per heavy atom. The highest BCUT2D eigenvalue weighted by molar-refractivity contribution is 6.74. The number of halogens is 1. The van der Waals surface area contributed by atoms with Gasteiger partial charge in [0.05, 0.1) is 20.5 Å². The van der Waals surface area contributed by atoms with E-state index in [2.05, 4.69) is 118 Å².